The molecule has 0 amide bonds. The molecule has 1 aliphatic carbocycles. The molecule has 20 heavy (non-hydrogen) atoms. The van der Waals surface area contributed by atoms with Crippen molar-refractivity contribution >= 4 is 0 Å². The van der Waals surface area contributed by atoms with E-state index in [4.69, 9.17) is 10.5 Å². The van der Waals surface area contributed by atoms with Crippen LogP contribution >= 0.6 is 0 Å². The van der Waals surface area contributed by atoms with Crippen LogP contribution in [0.5, 0.6) is 0 Å². The molecule has 0 aromatic carbocycles. The van der Waals surface area contributed by atoms with E-state index < -0.39 is 0 Å². The first kappa shape index (κ1) is 16.3. The molecule has 0 aromatic heterocycles. The van der Waals surface area contributed by atoms with Gasteiger partial charge in [0.1, 0.15) is 0 Å². The lowest BCUT2D eigenvalue weighted by atomic mass is 9.57. The summed E-state index contributed by atoms with van der Waals surface area (Å²) < 4.78 is 6.35. The maximum Gasteiger partial charge on any atom is 0.0680 e. The predicted molar refractivity (Wildman–Crippen MR) is 85.6 cm³/mol. The molecule has 2 fully saturated rings. The van der Waals surface area contributed by atoms with Gasteiger partial charge < -0.3 is 10.5 Å². The number of hydrogen-bond acceptors (Lipinski definition) is 2. The lowest BCUT2D eigenvalue weighted by Crippen LogP contribution is -2.61. The average Bonchev–Trinajstić information content (AvgIpc) is 2.46. The fraction of sp³-hybridized carbons (Fsp3) is 1.00. The van der Waals surface area contributed by atoms with E-state index in [1.54, 1.807) is 0 Å². The fourth-order valence-electron chi connectivity index (χ4n) is 5.34. The van der Waals surface area contributed by atoms with E-state index >= 15 is 0 Å². The van der Waals surface area contributed by atoms with Gasteiger partial charge >= 0.3 is 0 Å². The van der Waals surface area contributed by atoms with Gasteiger partial charge in [0.2, 0.25) is 0 Å². The van der Waals surface area contributed by atoms with E-state index in [9.17, 15) is 0 Å². The lowest BCUT2D eigenvalue weighted by Gasteiger charge is -2.52. The molecular weight excluding hydrogens is 246 g/mol. The van der Waals surface area contributed by atoms with Crippen molar-refractivity contribution < 1.29 is 4.74 Å². The summed E-state index contributed by atoms with van der Waals surface area (Å²) in [5.74, 6) is 2.49. The Balaban J connectivity index is 2.35. The Kier molecular flexibility index (Phi) is 4.06. The second-order valence-corrected chi connectivity index (χ2v) is 9.07. The second kappa shape index (κ2) is 4.98. The first-order valence-corrected chi connectivity index (χ1v) is 8.47. The molecule has 2 aliphatic rings. The second-order valence-electron chi connectivity index (χ2n) is 9.07. The van der Waals surface area contributed by atoms with E-state index in [1.165, 1.54) is 12.8 Å². The normalized spacial score (nSPS) is 44.0. The summed E-state index contributed by atoms with van der Waals surface area (Å²) >= 11 is 0. The van der Waals surface area contributed by atoms with Gasteiger partial charge in [-0.1, -0.05) is 27.2 Å². The largest absolute Gasteiger partial charge is 0.369 e. The molecule has 0 aromatic rings. The summed E-state index contributed by atoms with van der Waals surface area (Å²) in [6.45, 7) is 16.0. The molecule has 0 radical (unpaired) electrons. The summed E-state index contributed by atoms with van der Waals surface area (Å²) in [7, 11) is 0. The standard InChI is InChI=1S/C18H35NO/c1-12(2)14-9-8-13(3)10-18(14,19)15-11-16(4,5)20-17(15,6)7/h12-15H,8-11,19H2,1-7H3. The molecule has 2 heteroatoms. The molecule has 1 heterocycles. The monoisotopic (exact) mass is 281 g/mol. The molecule has 4 unspecified atom stereocenters. The van der Waals surface area contributed by atoms with Crippen LogP contribution in [-0.4, -0.2) is 16.7 Å². The first-order chi connectivity index (χ1) is 8.98. The van der Waals surface area contributed by atoms with Crippen LogP contribution in [-0.2, 0) is 4.74 Å². The molecule has 4 atom stereocenters. The van der Waals surface area contributed by atoms with Gasteiger partial charge in [-0.05, 0) is 64.7 Å². The van der Waals surface area contributed by atoms with Crippen molar-refractivity contribution in [1.82, 2.24) is 0 Å². The Bertz CT molecular complexity index is 360. The molecule has 0 bridgehead atoms. The van der Waals surface area contributed by atoms with Crippen molar-refractivity contribution in [1.29, 1.82) is 0 Å². The summed E-state index contributed by atoms with van der Waals surface area (Å²) in [6.07, 6.45) is 4.86. The molecule has 2 N–H and O–H groups in total. The fourth-order valence-corrected chi connectivity index (χ4v) is 5.34. The minimum atomic E-state index is -0.109. The van der Waals surface area contributed by atoms with E-state index in [0.29, 0.717) is 17.8 Å². The Hall–Kier alpha value is -0.0800. The highest BCUT2D eigenvalue weighted by molar-refractivity contribution is 5.10. The molecule has 2 nitrogen and oxygen atoms in total. The number of rotatable bonds is 2. The van der Waals surface area contributed by atoms with Crippen LogP contribution in [0, 0.1) is 23.7 Å². The summed E-state index contributed by atoms with van der Waals surface area (Å²) in [4.78, 5) is 0. The third kappa shape index (κ3) is 2.78. The van der Waals surface area contributed by atoms with Gasteiger partial charge in [-0.15, -0.1) is 0 Å². The Morgan fingerprint density at radius 3 is 2.10 bits per heavy atom. The summed E-state index contributed by atoms with van der Waals surface area (Å²) in [5.41, 5.74) is 6.90. The van der Waals surface area contributed by atoms with Crippen molar-refractivity contribution in [3.8, 4) is 0 Å². The highest BCUT2D eigenvalue weighted by Crippen LogP contribution is 2.54. The Morgan fingerprint density at radius 2 is 1.65 bits per heavy atom. The molecule has 1 saturated carbocycles. The number of ether oxygens (including phenoxy) is 1. The minimum Gasteiger partial charge on any atom is -0.369 e. The molecule has 0 spiro atoms. The van der Waals surface area contributed by atoms with Crippen LogP contribution in [0.4, 0.5) is 0 Å². The number of hydrogen-bond donors (Lipinski definition) is 1. The van der Waals surface area contributed by atoms with Crippen molar-refractivity contribution in [3.63, 3.8) is 0 Å². The van der Waals surface area contributed by atoms with Crippen LogP contribution in [0.1, 0.15) is 74.1 Å². The van der Waals surface area contributed by atoms with Crippen molar-refractivity contribution in [2.45, 2.75) is 90.9 Å². The van der Waals surface area contributed by atoms with Crippen LogP contribution in [0.3, 0.4) is 0 Å². The van der Waals surface area contributed by atoms with Crippen molar-refractivity contribution in [2.75, 3.05) is 0 Å². The maximum atomic E-state index is 7.12. The molecule has 1 saturated heterocycles. The van der Waals surface area contributed by atoms with Gasteiger partial charge in [-0.25, -0.2) is 0 Å². The highest BCUT2D eigenvalue weighted by atomic mass is 16.5. The molecule has 2 rings (SSSR count). The van der Waals surface area contributed by atoms with Crippen molar-refractivity contribution in [2.24, 2.45) is 29.4 Å². The van der Waals surface area contributed by atoms with E-state index in [0.717, 1.165) is 18.8 Å². The van der Waals surface area contributed by atoms with Gasteiger partial charge in [-0.2, -0.15) is 0 Å². The van der Waals surface area contributed by atoms with Crippen LogP contribution in [0.2, 0.25) is 0 Å². The van der Waals surface area contributed by atoms with Gasteiger partial charge in [0.05, 0.1) is 11.2 Å². The zero-order chi connectivity index (χ0) is 15.3. The smallest absolute Gasteiger partial charge is 0.0680 e. The predicted octanol–water partition coefficient (Wildman–Crippen LogP) is 4.37. The third-order valence-corrected chi connectivity index (χ3v) is 5.89. The van der Waals surface area contributed by atoms with E-state index in [-0.39, 0.29) is 16.7 Å². The maximum absolute atomic E-state index is 7.12. The van der Waals surface area contributed by atoms with Crippen molar-refractivity contribution in [3.05, 3.63) is 0 Å². The third-order valence-electron chi connectivity index (χ3n) is 5.89. The molecule has 1 aliphatic heterocycles. The highest BCUT2D eigenvalue weighted by Gasteiger charge is 2.57. The lowest BCUT2D eigenvalue weighted by molar-refractivity contribution is -0.0923. The topological polar surface area (TPSA) is 35.2 Å². The molecule has 118 valence electrons. The zero-order valence-corrected chi connectivity index (χ0v) is 14.6. The van der Waals surface area contributed by atoms with Gasteiger partial charge in [0.25, 0.3) is 0 Å². The van der Waals surface area contributed by atoms with E-state index in [2.05, 4.69) is 48.5 Å². The SMILES string of the molecule is CC1CCC(C(C)C)C(N)(C2CC(C)(C)OC2(C)C)C1. The summed E-state index contributed by atoms with van der Waals surface area (Å²) in [5, 5.41) is 0. The van der Waals surface area contributed by atoms with Gasteiger partial charge in [0, 0.05) is 11.5 Å². The first-order valence-electron chi connectivity index (χ1n) is 8.47. The quantitative estimate of drug-likeness (QED) is 0.815. The minimum absolute atomic E-state index is 0.0389. The van der Waals surface area contributed by atoms with Gasteiger partial charge in [-0.3, -0.25) is 0 Å². The van der Waals surface area contributed by atoms with E-state index in [1.807, 2.05) is 0 Å². The summed E-state index contributed by atoms with van der Waals surface area (Å²) in [6, 6.07) is 0. The van der Waals surface area contributed by atoms with Crippen LogP contribution < -0.4 is 5.73 Å². The zero-order valence-electron chi connectivity index (χ0n) is 14.6. The van der Waals surface area contributed by atoms with Crippen LogP contribution in [0.25, 0.3) is 0 Å². The average molecular weight is 281 g/mol. The Morgan fingerprint density at radius 1 is 1.05 bits per heavy atom. The molecular formula is C18H35NO. The van der Waals surface area contributed by atoms with Gasteiger partial charge in [0.15, 0.2) is 0 Å². The van der Waals surface area contributed by atoms with Crippen LogP contribution in [0.15, 0.2) is 0 Å². The number of nitrogens with two attached hydrogens (primary N) is 1. The Labute approximate surface area is 125 Å².